The zero-order chi connectivity index (χ0) is 110. The van der Waals surface area contributed by atoms with Gasteiger partial charge >= 0.3 is 17.9 Å². The van der Waals surface area contributed by atoms with E-state index < -0.39 is 389 Å². The van der Waals surface area contributed by atoms with E-state index in [2.05, 4.69) is 40.0 Å². The lowest BCUT2D eigenvalue weighted by Gasteiger charge is -2.72. The Balaban J connectivity index is 0.711. The summed E-state index contributed by atoms with van der Waals surface area (Å²) in [6.07, 6.45) is -67.3. The van der Waals surface area contributed by atoms with Crippen molar-refractivity contribution in [3.05, 3.63) is 60.3 Å². The molecule has 9 saturated heterocycles. The molecule has 0 amide bonds. The van der Waals surface area contributed by atoms with Crippen molar-refractivity contribution in [1.82, 2.24) is 0 Å². The first-order chi connectivity index (χ1) is 70.2. The molecule has 25 N–H and O–H groups in total. The maximum atomic E-state index is 16.9. The van der Waals surface area contributed by atoms with Gasteiger partial charge in [0.1, 0.15) is 182 Å². The van der Waals surface area contributed by atoms with E-state index >= 15 is 9.59 Å². The summed E-state index contributed by atoms with van der Waals surface area (Å²) in [5, 5.41) is 280. The molecule has 4 saturated carbocycles. The number of fused-ring (bicyclic) bond motifs is 7. The van der Waals surface area contributed by atoms with Crippen LogP contribution < -0.4 is 0 Å². The molecule has 55 atom stereocenters. The number of rotatable bonds is 34. The first kappa shape index (κ1) is 121. The molecule has 150 heavy (non-hydrogen) atoms. The smallest absolute Gasteiger partial charge is 0.333 e. The van der Waals surface area contributed by atoms with Gasteiger partial charge in [-0.3, -0.25) is 4.79 Å². The van der Waals surface area contributed by atoms with Gasteiger partial charge in [-0.2, -0.15) is 0 Å². The number of hydrogen-bond donors (Lipinski definition) is 25. The van der Waals surface area contributed by atoms with Gasteiger partial charge in [0.2, 0.25) is 6.29 Å². The van der Waals surface area contributed by atoms with Crippen molar-refractivity contribution in [3.63, 3.8) is 0 Å². The highest BCUT2D eigenvalue weighted by Gasteiger charge is 2.75. The molecule has 0 aromatic carbocycles. The molecule has 9 aliphatic heterocycles. The Morgan fingerprint density at radius 3 is 1.41 bits per heavy atom. The molecule has 48 nitrogen and oxygen atoms in total. The third kappa shape index (κ3) is 23.2. The minimum atomic E-state index is -2.28. The fraction of sp³-hybridized carbons (Fsp3) is 0.873. The van der Waals surface area contributed by atoms with E-state index in [9.17, 15) is 132 Å². The number of ether oxygens (including phenoxy) is 20. The quantitative estimate of drug-likeness (QED) is 0.00942. The van der Waals surface area contributed by atoms with Gasteiger partial charge in [-0.25, -0.2) is 9.59 Å². The van der Waals surface area contributed by atoms with Crippen LogP contribution in [0.1, 0.15) is 181 Å². The Hall–Kier alpha value is -4.57. The van der Waals surface area contributed by atoms with Crippen LogP contribution in [0.15, 0.2) is 60.3 Å². The molecule has 858 valence electrons. The summed E-state index contributed by atoms with van der Waals surface area (Å²) in [5.74, 6) is -4.34. The van der Waals surface area contributed by atoms with Crippen molar-refractivity contribution in [2.24, 2.45) is 50.2 Å². The first-order valence-corrected chi connectivity index (χ1v) is 52.1. The second kappa shape index (κ2) is 47.4. The summed E-state index contributed by atoms with van der Waals surface area (Å²) in [6.45, 7) is 30.2. The van der Waals surface area contributed by atoms with Crippen LogP contribution in [0.5, 0.6) is 0 Å². The molecule has 0 spiro atoms. The minimum absolute atomic E-state index is 0.0135. The van der Waals surface area contributed by atoms with Crippen molar-refractivity contribution in [2.45, 2.75) is 475 Å². The topological polar surface area (TPSA) is 742 Å². The van der Waals surface area contributed by atoms with E-state index in [-0.39, 0.29) is 61.5 Å². The number of aliphatic hydroxyl groups excluding tert-OH is 25. The molecule has 14 aliphatic rings. The van der Waals surface area contributed by atoms with E-state index in [4.69, 9.17) is 94.7 Å². The zero-order valence-electron chi connectivity index (χ0n) is 87.2. The molecular weight excluding hydrogens is 1990 g/mol. The predicted octanol–water partition coefficient (Wildman–Crippen LogP) is -5.16. The first-order valence-electron chi connectivity index (χ1n) is 52.1. The standard InChI is InChI=1S/C102H162O48/c1-18-97(13,149-90-75(125)65(115)58(108)42(5)133-90)29-21-23-41(4)84(129)143-78-44(7)136-91(76(126)70(78)120)150-98(14,19-2)28-20-22-40(3)83(128)141-57-34-102(94(130)148-93-82(69(119)62(112)50(36-104)139-93)147-89-77(127)80(145-88-74(124)66(116)61(111)49(35-103)137-88)79(45(8)135-89)144-87-72(122)63(113)51(37-105)138-87)47(32-95(57,9)10)46-24-25-54-99(15)30-27-56(96(11,12)53(99)26-31-100(54,16)101(46,17)33-55(102)107)142-86-73(123)67(117)64(114)52(140-86)39-132-92-81(68(118)59(109)43(6)134-92)146-85-71(121)60(110)48(106)38-131-85/h18-19,22-24,42-45,47-82,85-93,103-127H,1-2,20-21,25-39H2,3-17H3/b40-22+,41-23+/t42-,43-,44-,45+,47+,48-,49-,50-,51+,52-,53+,54-,55-,56+,57+,58-,59+,60+,61-,62-,63+,64-,65+,66+,67+,68+,69+,70-,71-,72-,73-,74-,75-,76-,77-,78-,79+,80+,81-,82-,85+,86+,87?,88+,89+,90+,91+,92-,93+,97+,98-,99+,100-,101-,102-/m1/s1. The lowest BCUT2D eigenvalue weighted by atomic mass is 9.33. The number of aliphatic hydroxyl groups is 25. The molecule has 0 aromatic heterocycles. The number of hydrogen-bond acceptors (Lipinski definition) is 48. The number of carbonyl (C=O) groups is 3. The fourth-order valence-corrected chi connectivity index (χ4v) is 25.6. The van der Waals surface area contributed by atoms with Crippen LogP contribution in [-0.4, -0.2) is 472 Å². The molecular formula is C102H162O48. The second-order valence-electron chi connectivity index (χ2n) is 46.2. The van der Waals surface area contributed by atoms with E-state index in [0.29, 0.717) is 32.1 Å². The van der Waals surface area contributed by atoms with Gasteiger partial charge in [-0.05, 0) is 165 Å². The van der Waals surface area contributed by atoms with E-state index in [1.54, 1.807) is 26.0 Å². The molecule has 9 heterocycles. The summed E-state index contributed by atoms with van der Waals surface area (Å²) in [4.78, 5) is 45.6. The van der Waals surface area contributed by atoms with E-state index in [1.165, 1.54) is 53.7 Å². The summed E-state index contributed by atoms with van der Waals surface area (Å²) in [6, 6.07) is 0. The maximum absolute atomic E-state index is 16.9. The predicted molar refractivity (Wildman–Crippen MR) is 506 cm³/mol. The Bertz CT molecular complexity index is 4640. The van der Waals surface area contributed by atoms with Gasteiger partial charge in [-0.1, -0.05) is 84.4 Å². The molecule has 13 fully saturated rings. The summed E-state index contributed by atoms with van der Waals surface area (Å²) in [7, 11) is 0. The van der Waals surface area contributed by atoms with Crippen molar-refractivity contribution in [3.8, 4) is 0 Å². The van der Waals surface area contributed by atoms with Crippen LogP contribution in [0.2, 0.25) is 0 Å². The van der Waals surface area contributed by atoms with Gasteiger partial charge < -0.3 is 222 Å². The third-order valence-corrected chi connectivity index (χ3v) is 35.6. The van der Waals surface area contributed by atoms with Crippen LogP contribution >= 0.6 is 0 Å². The Morgan fingerprint density at radius 2 is 0.840 bits per heavy atom. The normalized spacial score (nSPS) is 49.7. The Labute approximate surface area is 869 Å². The van der Waals surface area contributed by atoms with E-state index in [1.807, 2.05) is 27.7 Å². The molecule has 5 aliphatic carbocycles. The lowest BCUT2D eigenvalue weighted by molar-refractivity contribution is -0.390. The van der Waals surface area contributed by atoms with Crippen LogP contribution in [-0.2, 0) is 109 Å². The average Bonchev–Trinajstić information content (AvgIpc) is 0.778. The van der Waals surface area contributed by atoms with E-state index in [0.717, 1.165) is 5.57 Å². The van der Waals surface area contributed by atoms with Crippen molar-refractivity contribution >= 4 is 17.9 Å². The van der Waals surface area contributed by atoms with Gasteiger partial charge in [0.25, 0.3) is 0 Å². The third-order valence-electron chi connectivity index (χ3n) is 35.6. The highest BCUT2D eigenvalue weighted by atomic mass is 16.8. The number of carbonyl (C=O) groups excluding carboxylic acids is 3. The van der Waals surface area contributed by atoms with Crippen molar-refractivity contribution < 1.29 is 237 Å². The molecule has 14 rings (SSSR count). The van der Waals surface area contributed by atoms with Crippen molar-refractivity contribution in [1.29, 1.82) is 0 Å². The van der Waals surface area contributed by atoms with Gasteiger partial charge in [0.05, 0.1) is 80.9 Å². The Kier molecular flexibility index (Phi) is 38.2. The highest BCUT2D eigenvalue weighted by Crippen LogP contribution is 2.77. The van der Waals surface area contributed by atoms with Crippen LogP contribution in [0.3, 0.4) is 0 Å². The molecule has 1 unspecified atom stereocenters. The lowest BCUT2D eigenvalue weighted by Crippen LogP contribution is -2.70. The summed E-state index contributed by atoms with van der Waals surface area (Å²) < 4.78 is 122. The van der Waals surface area contributed by atoms with Crippen molar-refractivity contribution in [2.75, 3.05) is 33.0 Å². The van der Waals surface area contributed by atoms with Gasteiger partial charge in [0, 0.05) is 23.0 Å². The number of esters is 3. The molecule has 48 heteroatoms. The average molecular weight is 2160 g/mol. The van der Waals surface area contributed by atoms with Crippen LogP contribution in [0, 0.1) is 50.2 Å². The van der Waals surface area contributed by atoms with Gasteiger partial charge in [-0.15, -0.1) is 13.2 Å². The summed E-state index contributed by atoms with van der Waals surface area (Å²) in [5.41, 5.74) is -8.00. The fourth-order valence-electron chi connectivity index (χ4n) is 25.6. The minimum Gasteiger partial charge on any atom is -0.458 e. The SMILES string of the molecule is C=C[C@@](C)(CC/C=C(\C)C(=O)O[C@H]1[C@H](O)[C@@H](O)[C@H](O[C@](C)(C=C)CC/C=C(\C)C(=O)O[C@H]2C[C@]3(C(=O)O[C@@H]4O[C@H](CO)[C@@H](O)[C@H](O)[C@H]4O[C@@H]4O[C@@H](C)[C@H](OC5O[C@@H](CO)[C@H](O)[C@H]5O)[C@@H](O[C@@H]5O[C@H](CO)[C@@H](O)[C@H](O)[C@H]5O)[C@H]4O)[C@H](O)C[C@]4(C)C(=CC[C@@H]5[C@@]6(C)CC[C@H](O[C@@H]7O[C@H](CO[C@@H]8O[C@H](C)[C@H](O)[C@H](O)[C@H]8O[C@@H]8OC[C@@H](O)[C@H](O)[C@H]8O)[C@@H](O)[C@H](O)[C@H]7O)C(C)(C)[C@@H]6CC[C@]54C)[C@@H]3CC2(C)C)O[C@@H]1C)O[C@@H]1O[C@H](C)[C@@H](O)[C@H](O)[C@H]1O. The Morgan fingerprint density at radius 1 is 0.413 bits per heavy atom. The maximum Gasteiger partial charge on any atom is 0.333 e. The van der Waals surface area contributed by atoms with Crippen LogP contribution in [0.25, 0.3) is 0 Å². The monoisotopic (exact) mass is 2160 g/mol. The zero-order valence-corrected chi connectivity index (χ0v) is 87.2. The van der Waals surface area contributed by atoms with Gasteiger partial charge in [0.15, 0.2) is 62.5 Å². The number of allylic oxidation sites excluding steroid dienone is 4. The molecule has 0 aromatic rings. The summed E-state index contributed by atoms with van der Waals surface area (Å²) >= 11 is 0. The van der Waals surface area contributed by atoms with Crippen LogP contribution in [0.4, 0.5) is 0 Å². The largest absolute Gasteiger partial charge is 0.458 e. The molecule has 0 bridgehead atoms. The second-order valence-corrected chi connectivity index (χ2v) is 46.2. The highest BCUT2D eigenvalue weighted by molar-refractivity contribution is 5.88. The molecule has 0 radical (unpaired) electrons.